The third kappa shape index (κ3) is 0.864. The molecular weight excluding hydrogens is 134 g/mol. The Kier molecular flexibility index (Phi) is 1.37. The lowest BCUT2D eigenvalue weighted by atomic mass is 10.3. The van der Waals surface area contributed by atoms with Crippen molar-refractivity contribution >= 4 is 17.4 Å². The second kappa shape index (κ2) is 2.03. The summed E-state index contributed by atoms with van der Waals surface area (Å²) in [7, 11) is 0. The number of hydrogen-bond acceptors (Lipinski definition) is 4. The predicted octanol–water partition coefficient (Wildman–Crippen LogP) is 0.905. The molecule has 2 N–H and O–H groups in total. The van der Waals surface area contributed by atoms with Crippen LogP contribution in [0.25, 0.3) is 0 Å². The molecule has 0 saturated heterocycles. The molecule has 4 heteroatoms. The molecule has 0 aromatic carbocycles. The lowest BCUT2D eigenvalue weighted by molar-refractivity contribution is 1.45. The highest BCUT2D eigenvalue weighted by Crippen LogP contribution is 2.17. The van der Waals surface area contributed by atoms with Crippen LogP contribution in [-0.2, 0) is 0 Å². The molecule has 0 aliphatic rings. The largest absolute Gasteiger partial charge is 0.382 e. The number of rotatable bonds is 0. The van der Waals surface area contributed by atoms with Gasteiger partial charge in [-0.3, -0.25) is 0 Å². The van der Waals surface area contributed by atoms with Gasteiger partial charge in [-0.25, -0.2) is 0 Å². The first kappa shape index (κ1) is 6.05. The van der Waals surface area contributed by atoms with Crippen molar-refractivity contribution in [3.8, 4) is 6.07 Å². The Bertz CT molecular complexity index is 238. The minimum Gasteiger partial charge on any atom is -0.382 e. The summed E-state index contributed by atoms with van der Waals surface area (Å²) in [5.74, 6) is 0.347. The monoisotopic (exact) mass is 139 g/mol. The molecule has 0 saturated carbocycles. The Morgan fingerprint density at radius 1 is 1.78 bits per heavy atom. The van der Waals surface area contributed by atoms with Gasteiger partial charge < -0.3 is 5.73 Å². The number of nitrogen functional groups attached to an aromatic ring is 1. The van der Waals surface area contributed by atoms with E-state index in [0.29, 0.717) is 11.4 Å². The molecule has 1 heterocycles. The Balaban J connectivity index is 3.27. The van der Waals surface area contributed by atoms with Crippen LogP contribution in [0.2, 0.25) is 0 Å². The van der Waals surface area contributed by atoms with Gasteiger partial charge in [-0.15, -0.1) is 0 Å². The quantitative estimate of drug-likeness (QED) is 0.581. The molecule has 1 aromatic heterocycles. The number of aromatic nitrogens is 1. The summed E-state index contributed by atoms with van der Waals surface area (Å²) in [6.07, 6.45) is 0. The maximum absolute atomic E-state index is 8.42. The molecule has 3 nitrogen and oxygen atoms in total. The topological polar surface area (TPSA) is 62.7 Å². The number of aryl methyl sites for hydroxylation is 1. The molecular formula is C5H5N3S. The molecule has 1 rings (SSSR count). The zero-order valence-electron chi connectivity index (χ0n) is 4.88. The summed E-state index contributed by atoms with van der Waals surface area (Å²) in [5, 5.41) is 8.42. The van der Waals surface area contributed by atoms with Gasteiger partial charge in [0.1, 0.15) is 11.6 Å². The molecule has 46 valence electrons. The van der Waals surface area contributed by atoms with Gasteiger partial charge in [0.15, 0.2) is 5.82 Å². The van der Waals surface area contributed by atoms with Crippen molar-refractivity contribution in [2.75, 3.05) is 5.73 Å². The summed E-state index contributed by atoms with van der Waals surface area (Å²) in [6.45, 7) is 1.83. The van der Waals surface area contributed by atoms with Crippen molar-refractivity contribution in [1.29, 1.82) is 5.26 Å². The summed E-state index contributed by atoms with van der Waals surface area (Å²) >= 11 is 1.26. The molecule has 0 aliphatic heterocycles. The van der Waals surface area contributed by atoms with Crippen molar-refractivity contribution in [1.82, 2.24) is 4.37 Å². The van der Waals surface area contributed by atoms with Crippen LogP contribution >= 0.6 is 11.5 Å². The van der Waals surface area contributed by atoms with Gasteiger partial charge in [-0.05, 0) is 18.5 Å². The van der Waals surface area contributed by atoms with Crippen LogP contribution in [0.3, 0.4) is 0 Å². The summed E-state index contributed by atoms with van der Waals surface area (Å²) < 4.78 is 3.78. The van der Waals surface area contributed by atoms with E-state index in [1.165, 1.54) is 11.5 Å². The van der Waals surface area contributed by atoms with Crippen LogP contribution in [0, 0.1) is 18.3 Å². The molecule has 0 spiro atoms. The average molecular weight is 139 g/mol. The normalized spacial score (nSPS) is 8.89. The van der Waals surface area contributed by atoms with Crippen molar-refractivity contribution in [2.45, 2.75) is 6.92 Å². The number of nitriles is 1. The highest BCUT2D eigenvalue weighted by molar-refractivity contribution is 7.06. The second-order valence-electron chi connectivity index (χ2n) is 1.61. The van der Waals surface area contributed by atoms with Crippen molar-refractivity contribution < 1.29 is 0 Å². The van der Waals surface area contributed by atoms with Gasteiger partial charge in [0.2, 0.25) is 0 Å². The standard InChI is InChI=1S/C5H5N3S/c1-3-4(2-6)5(7)8-9-3/h1H3,(H2,7,8). The van der Waals surface area contributed by atoms with E-state index in [2.05, 4.69) is 4.37 Å². The van der Waals surface area contributed by atoms with Crippen molar-refractivity contribution in [3.63, 3.8) is 0 Å². The van der Waals surface area contributed by atoms with E-state index in [1.54, 1.807) is 0 Å². The van der Waals surface area contributed by atoms with Gasteiger partial charge in [0, 0.05) is 4.88 Å². The highest BCUT2D eigenvalue weighted by atomic mass is 32.1. The number of nitrogens with zero attached hydrogens (tertiary/aromatic N) is 2. The van der Waals surface area contributed by atoms with Gasteiger partial charge in [-0.2, -0.15) is 9.64 Å². The minimum absolute atomic E-state index is 0.347. The molecule has 0 atom stereocenters. The van der Waals surface area contributed by atoms with Gasteiger partial charge in [0.25, 0.3) is 0 Å². The first-order valence-corrected chi connectivity index (χ1v) is 3.15. The smallest absolute Gasteiger partial charge is 0.155 e. The van der Waals surface area contributed by atoms with E-state index in [0.717, 1.165) is 4.88 Å². The van der Waals surface area contributed by atoms with E-state index < -0.39 is 0 Å². The summed E-state index contributed by atoms with van der Waals surface area (Å²) in [4.78, 5) is 0.884. The molecule has 0 aliphatic carbocycles. The number of anilines is 1. The van der Waals surface area contributed by atoms with Crippen LogP contribution < -0.4 is 5.73 Å². The summed E-state index contributed by atoms with van der Waals surface area (Å²) in [6, 6.07) is 1.97. The van der Waals surface area contributed by atoms with Gasteiger partial charge in [-0.1, -0.05) is 0 Å². The SMILES string of the molecule is Cc1snc(N)c1C#N. The highest BCUT2D eigenvalue weighted by Gasteiger charge is 2.04. The van der Waals surface area contributed by atoms with E-state index in [-0.39, 0.29) is 0 Å². The van der Waals surface area contributed by atoms with E-state index in [9.17, 15) is 0 Å². The third-order valence-corrected chi connectivity index (χ3v) is 1.77. The van der Waals surface area contributed by atoms with E-state index in [4.69, 9.17) is 11.0 Å². The van der Waals surface area contributed by atoms with E-state index in [1.807, 2.05) is 13.0 Å². The minimum atomic E-state index is 0.347. The van der Waals surface area contributed by atoms with E-state index >= 15 is 0 Å². The lowest BCUT2D eigenvalue weighted by Gasteiger charge is -1.80. The molecule has 0 radical (unpaired) electrons. The molecule has 0 amide bonds. The molecule has 0 bridgehead atoms. The number of hydrogen-bond donors (Lipinski definition) is 1. The fourth-order valence-corrected chi connectivity index (χ4v) is 1.09. The maximum atomic E-state index is 8.42. The fraction of sp³-hybridized carbons (Fsp3) is 0.200. The summed E-state index contributed by atoms with van der Waals surface area (Å²) in [5.41, 5.74) is 5.84. The van der Waals surface area contributed by atoms with Crippen LogP contribution in [0.4, 0.5) is 5.82 Å². The Labute approximate surface area is 56.9 Å². The zero-order chi connectivity index (χ0) is 6.85. The Morgan fingerprint density at radius 3 is 2.67 bits per heavy atom. The lowest BCUT2D eigenvalue weighted by Crippen LogP contribution is -1.86. The zero-order valence-corrected chi connectivity index (χ0v) is 5.70. The predicted molar refractivity (Wildman–Crippen MR) is 36.0 cm³/mol. The second-order valence-corrected chi connectivity index (χ2v) is 2.59. The fourth-order valence-electron chi connectivity index (χ4n) is 0.525. The molecule has 0 fully saturated rings. The first-order chi connectivity index (χ1) is 4.25. The molecule has 0 unspecified atom stereocenters. The molecule has 1 aromatic rings. The Hall–Kier alpha value is -1.08. The van der Waals surface area contributed by atoms with Crippen molar-refractivity contribution in [3.05, 3.63) is 10.4 Å². The first-order valence-electron chi connectivity index (χ1n) is 2.37. The number of nitrogens with two attached hydrogens (primary N) is 1. The Morgan fingerprint density at radius 2 is 2.44 bits per heavy atom. The third-order valence-electron chi connectivity index (χ3n) is 1.00. The van der Waals surface area contributed by atoms with Crippen LogP contribution in [0.1, 0.15) is 10.4 Å². The van der Waals surface area contributed by atoms with Gasteiger partial charge in [0.05, 0.1) is 0 Å². The van der Waals surface area contributed by atoms with Crippen LogP contribution in [-0.4, -0.2) is 4.37 Å². The van der Waals surface area contributed by atoms with Gasteiger partial charge >= 0.3 is 0 Å². The average Bonchev–Trinajstić information content (AvgIpc) is 2.12. The maximum Gasteiger partial charge on any atom is 0.155 e. The van der Waals surface area contributed by atoms with Crippen LogP contribution in [0.5, 0.6) is 0 Å². The van der Waals surface area contributed by atoms with Crippen LogP contribution in [0.15, 0.2) is 0 Å². The molecule has 9 heavy (non-hydrogen) atoms. The van der Waals surface area contributed by atoms with Crippen molar-refractivity contribution in [2.24, 2.45) is 0 Å².